The highest BCUT2D eigenvalue weighted by Gasteiger charge is 2.46. The molecule has 5 nitrogen and oxygen atoms in total. The molecule has 1 aliphatic rings. The minimum absolute atomic E-state index is 0.0409. The van der Waals surface area contributed by atoms with Crippen molar-refractivity contribution in [1.29, 1.82) is 0 Å². The number of nitrogens with zero attached hydrogens (tertiary/aromatic N) is 1. The second-order valence-corrected chi connectivity index (χ2v) is 7.20. The van der Waals surface area contributed by atoms with Crippen molar-refractivity contribution in [3.05, 3.63) is 107 Å². The smallest absolute Gasteiger partial charge is 0.295 e. The number of hydrogen-bond donors (Lipinski definition) is 1. The van der Waals surface area contributed by atoms with E-state index in [1.807, 2.05) is 30.3 Å². The first-order valence-corrected chi connectivity index (χ1v) is 9.72. The van der Waals surface area contributed by atoms with Crippen LogP contribution in [0.3, 0.4) is 0 Å². The Hall–Kier alpha value is -3.93. The molecule has 0 spiro atoms. The Kier molecular flexibility index (Phi) is 5.54. The number of aliphatic hydroxyl groups is 1. The lowest BCUT2D eigenvalue weighted by Gasteiger charge is -2.25. The van der Waals surface area contributed by atoms with E-state index >= 15 is 0 Å². The lowest BCUT2D eigenvalue weighted by atomic mass is 9.95. The van der Waals surface area contributed by atoms with E-state index in [9.17, 15) is 19.1 Å². The number of aliphatic hydroxyl groups excluding tert-OH is 1. The van der Waals surface area contributed by atoms with Gasteiger partial charge in [-0.1, -0.05) is 42.5 Å². The maximum absolute atomic E-state index is 13.4. The highest BCUT2D eigenvalue weighted by molar-refractivity contribution is 6.46. The first-order chi connectivity index (χ1) is 15.0. The highest BCUT2D eigenvalue weighted by Crippen LogP contribution is 2.41. The number of rotatable bonds is 5. The van der Waals surface area contributed by atoms with Crippen molar-refractivity contribution in [3.8, 4) is 5.75 Å². The molecule has 3 aromatic rings. The van der Waals surface area contributed by atoms with Crippen LogP contribution in [-0.2, 0) is 16.1 Å². The van der Waals surface area contributed by atoms with Gasteiger partial charge < -0.3 is 14.7 Å². The van der Waals surface area contributed by atoms with Gasteiger partial charge in [0.2, 0.25) is 0 Å². The van der Waals surface area contributed by atoms with Crippen LogP contribution in [0.15, 0.2) is 84.4 Å². The minimum Gasteiger partial charge on any atom is -0.507 e. The third-order valence-electron chi connectivity index (χ3n) is 5.26. The Labute approximate surface area is 179 Å². The first kappa shape index (κ1) is 20.3. The minimum atomic E-state index is -0.819. The first-order valence-electron chi connectivity index (χ1n) is 9.72. The summed E-state index contributed by atoms with van der Waals surface area (Å²) >= 11 is 0. The van der Waals surface area contributed by atoms with Crippen LogP contribution in [0.5, 0.6) is 5.75 Å². The van der Waals surface area contributed by atoms with Crippen molar-refractivity contribution >= 4 is 17.4 Å². The average Bonchev–Trinajstić information content (AvgIpc) is 3.05. The zero-order chi connectivity index (χ0) is 22.0. The van der Waals surface area contributed by atoms with Gasteiger partial charge in [-0.25, -0.2) is 4.39 Å². The number of carbonyl (C=O) groups is 2. The van der Waals surface area contributed by atoms with Gasteiger partial charge in [-0.05, 0) is 47.5 Å². The van der Waals surface area contributed by atoms with E-state index < -0.39 is 23.5 Å². The van der Waals surface area contributed by atoms with Crippen molar-refractivity contribution in [2.75, 3.05) is 7.11 Å². The molecule has 1 fully saturated rings. The largest absolute Gasteiger partial charge is 0.507 e. The van der Waals surface area contributed by atoms with Crippen molar-refractivity contribution < 1.29 is 23.8 Å². The van der Waals surface area contributed by atoms with E-state index in [0.29, 0.717) is 11.3 Å². The molecule has 0 bridgehead atoms. The Morgan fingerprint density at radius 2 is 1.71 bits per heavy atom. The van der Waals surface area contributed by atoms with Crippen LogP contribution in [0.4, 0.5) is 4.39 Å². The Bertz CT molecular complexity index is 1160. The van der Waals surface area contributed by atoms with Crippen LogP contribution in [0.25, 0.3) is 5.76 Å². The van der Waals surface area contributed by atoms with E-state index in [-0.39, 0.29) is 23.4 Å². The molecule has 156 valence electrons. The molecule has 1 N–H and O–H groups in total. The van der Waals surface area contributed by atoms with Crippen LogP contribution in [0.2, 0.25) is 0 Å². The highest BCUT2D eigenvalue weighted by atomic mass is 19.1. The summed E-state index contributed by atoms with van der Waals surface area (Å²) in [6, 6.07) is 20.6. The molecule has 0 saturated carbocycles. The molecule has 6 heteroatoms. The molecule has 1 aliphatic heterocycles. The number of ketones is 1. The molecule has 0 radical (unpaired) electrons. The predicted molar refractivity (Wildman–Crippen MR) is 114 cm³/mol. The van der Waals surface area contributed by atoms with Gasteiger partial charge in [-0.15, -0.1) is 0 Å². The molecule has 1 saturated heterocycles. The monoisotopic (exact) mass is 417 g/mol. The van der Waals surface area contributed by atoms with Gasteiger partial charge in [0, 0.05) is 12.1 Å². The Morgan fingerprint density at radius 1 is 1.00 bits per heavy atom. The lowest BCUT2D eigenvalue weighted by Crippen LogP contribution is -2.29. The average molecular weight is 417 g/mol. The summed E-state index contributed by atoms with van der Waals surface area (Å²) in [5, 5.41) is 11.0. The summed E-state index contributed by atoms with van der Waals surface area (Å²) in [4.78, 5) is 27.4. The van der Waals surface area contributed by atoms with Crippen LogP contribution in [0, 0.1) is 5.82 Å². The second-order valence-electron chi connectivity index (χ2n) is 7.20. The third-order valence-corrected chi connectivity index (χ3v) is 5.26. The third kappa shape index (κ3) is 3.92. The molecule has 0 unspecified atom stereocenters. The van der Waals surface area contributed by atoms with E-state index in [4.69, 9.17) is 4.74 Å². The molecule has 31 heavy (non-hydrogen) atoms. The number of likely N-dealkylation sites (tertiary alicyclic amines) is 1. The maximum Gasteiger partial charge on any atom is 0.295 e. The SMILES string of the molecule is COc1cccc([C@H]2C(=C(O)c3ccc(F)cc3)C(=O)C(=O)N2Cc2ccccc2)c1. The topological polar surface area (TPSA) is 66.8 Å². The van der Waals surface area contributed by atoms with Crippen molar-refractivity contribution in [1.82, 2.24) is 4.90 Å². The number of benzene rings is 3. The van der Waals surface area contributed by atoms with Gasteiger partial charge >= 0.3 is 0 Å². The van der Waals surface area contributed by atoms with E-state index in [1.165, 1.54) is 36.3 Å². The van der Waals surface area contributed by atoms with E-state index in [2.05, 4.69) is 0 Å². The Balaban J connectivity index is 1.87. The van der Waals surface area contributed by atoms with Gasteiger partial charge in [0.15, 0.2) is 0 Å². The van der Waals surface area contributed by atoms with Crippen molar-refractivity contribution in [2.24, 2.45) is 0 Å². The summed E-state index contributed by atoms with van der Waals surface area (Å²) in [6.07, 6.45) is 0. The lowest BCUT2D eigenvalue weighted by molar-refractivity contribution is -0.140. The maximum atomic E-state index is 13.4. The number of amides is 1. The molecule has 1 amide bonds. The number of ether oxygens (including phenoxy) is 1. The fraction of sp³-hybridized carbons (Fsp3) is 0.120. The van der Waals surface area contributed by atoms with Crippen LogP contribution in [-0.4, -0.2) is 28.8 Å². The molecule has 0 aliphatic carbocycles. The second kappa shape index (κ2) is 8.44. The van der Waals surface area contributed by atoms with Gasteiger partial charge in [-0.3, -0.25) is 9.59 Å². The normalized spacial score (nSPS) is 17.7. The van der Waals surface area contributed by atoms with E-state index in [1.54, 1.807) is 24.3 Å². The van der Waals surface area contributed by atoms with Crippen LogP contribution in [0.1, 0.15) is 22.7 Å². The summed E-state index contributed by atoms with van der Waals surface area (Å²) in [6.45, 7) is 0.188. The predicted octanol–water partition coefficient (Wildman–Crippen LogP) is 4.46. The summed E-state index contributed by atoms with van der Waals surface area (Å²) in [5.74, 6) is -1.75. The molecule has 0 aromatic heterocycles. The van der Waals surface area contributed by atoms with Crippen LogP contribution < -0.4 is 4.74 Å². The molecular formula is C25H20FNO4. The van der Waals surface area contributed by atoms with Gasteiger partial charge in [0.25, 0.3) is 11.7 Å². The fourth-order valence-electron chi connectivity index (χ4n) is 3.74. The van der Waals surface area contributed by atoms with Gasteiger partial charge in [0.05, 0.1) is 18.7 Å². The molecule has 3 aromatic carbocycles. The van der Waals surface area contributed by atoms with E-state index in [0.717, 1.165) is 5.56 Å². The number of carbonyl (C=O) groups excluding carboxylic acids is 2. The molecule has 1 heterocycles. The van der Waals surface area contributed by atoms with Crippen molar-refractivity contribution in [2.45, 2.75) is 12.6 Å². The molecule has 1 atom stereocenters. The number of methoxy groups -OCH3 is 1. The van der Waals surface area contributed by atoms with Gasteiger partial charge in [0.1, 0.15) is 17.3 Å². The number of halogens is 1. The molecular weight excluding hydrogens is 397 g/mol. The summed E-state index contributed by atoms with van der Waals surface area (Å²) < 4.78 is 18.7. The standard InChI is InChI=1S/C25H20FNO4/c1-31-20-9-5-8-18(14-20)22-21(23(28)17-10-12-19(26)13-11-17)24(29)25(30)27(22)15-16-6-3-2-4-7-16/h2-14,22,28H,15H2,1H3/t22-/m0/s1. The van der Waals surface area contributed by atoms with Crippen LogP contribution >= 0.6 is 0 Å². The number of hydrogen-bond acceptors (Lipinski definition) is 4. The fourth-order valence-corrected chi connectivity index (χ4v) is 3.74. The summed E-state index contributed by atoms with van der Waals surface area (Å²) in [7, 11) is 1.53. The summed E-state index contributed by atoms with van der Waals surface area (Å²) in [5.41, 5.74) is 1.69. The number of Topliss-reactive ketones (excluding diaryl/α,β-unsaturated/α-hetero) is 1. The van der Waals surface area contributed by atoms with Gasteiger partial charge in [-0.2, -0.15) is 0 Å². The quantitative estimate of drug-likeness (QED) is 0.378. The molecule has 4 rings (SSSR count). The zero-order valence-corrected chi connectivity index (χ0v) is 16.8. The van der Waals surface area contributed by atoms with Crippen molar-refractivity contribution in [3.63, 3.8) is 0 Å². The zero-order valence-electron chi connectivity index (χ0n) is 16.8. The Morgan fingerprint density at radius 3 is 2.39 bits per heavy atom.